The highest BCUT2D eigenvalue weighted by atomic mass is 19.1. The fourth-order valence-electron chi connectivity index (χ4n) is 3.97. The van der Waals surface area contributed by atoms with Crippen molar-refractivity contribution in [3.05, 3.63) is 11.9 Å². The lowest BCUT2D eigenvalue weighted by molar-refractivity contribution is -0.157. The summed E-state index contributed by atoms with van der Waals surface area (Å²) < 4.78 is 18.7. The Labute approximate surface area is 138 Å². The molecule has 0 atom stereocenters. The summed E-state index contributed by atoms with van der Waals surface area (Å²) in [4.78, 5) is 12.3. The zero-order chi connectivity index (χ0) is 16.7. The average molecular weight is 321 g/mol. The van der Waals surface area contributed by atoms with Gasteiger partial charge < -0.3 is 4.74 Å². The van der Waals surface area contributed by atoms with Crippen LogP contribution in [0.15, 0.2) is 11.9 Å². The second-order valence-electron chi connectivity index (χ2n) is 7.11. The molecule has 2 saturated carbocycles. The number of halogens is 1. The third kappa shape index (κ3) is 5.64. The van der Waals surface area contributed by atoms with E-state index < -0.39 is 5.83 Å². The fraction of sp³-hybridized carbons (Fsp3) is 0.789. The number of hydrogen-bond donors (Lipinski definition) is 0. The lowest BCUT2D eigenvalue weighted by Crippen LogP contribution is -2.30. The molecular weight excluding hydrogens is 293 g/mol. The first-order chi connectivity index (χ1) is 11.1. The maximum Gasteiger partial charge on any atom is 0.309 e. The molecule has 0 amide bonds. The first-order valence-electron chi connectivity index (χ1n) is 9.10. The molecule has 2 aliphatic carbocycles. The van der Waals surface area contributed by atoms with E-state index in [1.54, 1.807) is 0 Å². The number of carbonyl (C=O) groups excluding carboxylic acids is 1. The molecule has 0 saturated heterocycles. The molecule has 0 unspecified atom stereocenters. The van der Waals surface area contributed by atoms with Crippen molar-refractivity contribution in [1.82, 2.24) is 0 Å². The number of nitrogens with zero attached hydrogens (tertiary/aromatic N) is 1. The van der Waals surface area contributed by atoms with E-state index in [1.165, 1.54) is 37.8 Å². The summed E-state index contributed by atoms with van der Waals surface area (Å²) >= 11 is 0. The smallest absolute Gasteiger partial charge is 0.309 e. The Morgan fingerprint density at radius 3 is 2.39 bits per heavy atom. The largest absolute Gasteiger partial charge is 0.462 e. The summed E-state index contributed by atoms with van der Waals surface area (Å²) in [6, 6.07) is 1.52. The first-order valence-corrected chi connectivity index (χ1v) is 9.10. The summed E-state index contributed by atoms with van der Waals surface area (Å²) in [5.41, 5.74) is 0. The van der Waals surface area contributed by atoms with Gasteiger partial charge in [0.1, 0.15) is 12.2 Å². The zero-order valence-corrected chi connectivity index (χ0v) is 14.1. The summed E-state index contributed by atoms with van der Waals surface area (Å²) in [6.45, 7) is 2.22. The highest BCUT2D eigenvalue weighted by Crippen LogP contribution is 2.33. The van der Waals surface area contributed by atoms with Crippen molar-refractivity contribution in [3.63, 3.8) is 0 Å². The molecule has 2 fully saturated rings. The molecule has 0 spiro atoms. The maximum atomic E-state index is 13.0. The average Bonchev–Trinajstić information content (AvgIpc) is 2.57. The van der Waals surface area contributed by atoms with Crippen LogP contribution in [0.25, 0.3) is 0 Å². The third-order valence-electron chi connectivity index (χ3n) is 5.37. The van der Waals surface area contributed by atoms with Crippen LogP contribution in [0.2, 0.25) is 0 Å². The van der Waals surface area contributed by atoms with Crippen molar-refractivity contribution in [3.8, 4) is 6.07 Å². The molecule has 0 bridgehead atoms. The van der Waals surface area contributed by atoms with Crippen molar-refractivity contribution < 1.29 is 13.9 Å². The topological polar surface area (TPSA) is 50.1 Å². The second kappa shape index (κ2) is 9.05. The lowest BCUT2D eigenvalue weighted by Gasteiger charge is -2.31. The van der Waals surface area contributed by atoms with E-state index in [4.69, 9.17) is 10.00 Å². The molecule has 23 heavy (non-hydrogen) atoms. The fourth-order valence-corrected chi connectivity index (χ4v) is 3.97. The highest BCUT2D eigenvalue weighted by molar-refractivity contribution is 5.72. The van der Waals surface area contributed by atoms with Gasteiger partial charge in [0.15, 0.2) is 5.83 Å². The van der Waals surface area contributed by atoms with Crippen LogP contribution in [0, 0.1) is 29.1 Å². The van der Waals surface area contributed by atoms with E-state index >= 15 is 0 Å². The molecule has 0 aromatic rings. The van der Waals surface area contributed by atoms with Gasteiger partial charge >= 0.3 is 5.97 Å². The van der Waals surface area contributed by atoms with E-state index in [2.05, 4.69) is 6.92 Å². The number of rotatable bonds is 5. The van der Waals surface area contributed by atoms with Gasteiger partial charge in [0.05, 0.1) is 5.92 Å². The minimum absolute atomic E-state index is 0.0434. The van der Waals surface area contributed by atoms with Gasteiger partial charge in [-0.25, -0.2) is 0 Å². The van der Waals surface area contributed by atoms with Crippen molar-refractivity contribution in [2.45, 2.75) is 77.2 Å². The minimum atomic E-state index is -0.708. The molecule has 0 aromatic heterocycles. The van der Waals surface area contributed by atoms with Crippen LogP contribution in [-0.4, -0.2) is 12.1 Å². The summed E-state index contributed by atoms with van der Waals surface area (Å²) in [6.07, 6.45) is 11.4. The minimum Gasteiger partial charge on any atom is -0.462 e. The molecular formula is C19H28FNO2. The predicted molar refractivity (Wildman–Crippen MR) is 87.0 cm³/mol. The van der Waals surface area contributed by atoms with E-state index in [0.717, 1.165) is 44.4 Å². The Hall–Kier alpha value is -1.37. The van der Waals surface area contributed by atoms with Gasteiger partial charge in [-0.15, -0.1) is 0 Å². The molecule has 0 radical (unpaired) electrons. The monoisotopic (exact) mass is 321 g/mol. The number of nitriles is 1. The maximum absolute atomic E-state index is 13.0. The quantitative estimate of drug-likeness (QED) is 0.524. The Morgan fingerprint density at radius 2 is 1.83 bits per heavy atom. The number of ether oxygens (including phenoxy) is 1. The van der Waals surface area contributed by atoms with E-state index in [-0.39, 0.29) is 23.9 Å². The molecule has 0 aliphatic heterocycles. The van der Waals surface area contributed by atoms with Gasteiger partial charge in [0, 0.05) is 0 Å². The predicted octanol–water partition coefficient (Wildman–Crippen LogP) is 5.07. The van der Waals surface area contributed by atoms with Crippen LogP contribution in [0.3, 0.4) is 0 Å². The van der Waals surface area contributed by atoms with Gasteiger partial charge in [-0.3, -0.25) is 4.79 Å². The normalized spacial score (nSPS) is 32.1. The summed E-state index contributed by atoms with van der Waals surface area (Å²) in [5.74, 6) is 0.0838. The van der Waals surface area contributed by atoms with Crippen LogP contribution >= 0.6 is 0 Å². The lowest BCUT2D eigenvalue weighted by atomic mass is 9.81. The highest BCUT2D eigenvalue weighted by Gasteiger charge is 2.30. The van der Waals surface area contributed by atoms with Crippen LogP contribution in [0.5, 0.6) is 0 Å². The second-order valence-corrected chi connectivity index (χ2v) is 7.11. The van der Waals surface area contributed by atoms with Crippen LogP contribution in [-0.2, 0) is 9.53 Å². The van der Waals surface area contributed by atoms with E-state index in [9.17, 15) is 9.18 Å². The van der Waals surface area contributed by atoms with E-state index in [0.29, 0.717) is 0 Å². The molecule has 128 valence electrons. The number of allylic oxidation sites excluding steroid dienone is 2. The van der Waals surface area contributed by atoms with Crippen LogP contribution in [0.4, 0.5) is 4.39 Å². The van der Waals surface area contributed by atoms with Gasteiger partial charge in [-0.1, -0.05) is 19.8 Å². The molecule has 0 N–H and O–H groups in total. The zero-order valence-electron chi connectivity index (χ0n) is 14.1. The van der Waals surface area contributed by atoms with Gasteiger partial charge in [-0.05, 0) is 69.3 Å². The van der Waals surface area contributed by atoms with E-state index in [1.807, 2.05) is 0 Å². The molecule has 4 heteroatoms. The van der Waals surface area contributed by atoms with Crippen LogP contribution in [0.1, 0.15) is 71.1 Å². The van der Waals surface area contributed by atoms with Crippen molar-refractivity contribution in [1.29, 1.82) is 5.26 Å². The van der Waals surface area contributed by atoms with Crippen molar-refractivity contribution in [2.24, 2.45) is 17.8 Å². The number of carbonyl (C=O) groups is 1. The SMILES string of the molecule is CCC[C@H]1CC[C@H](OC(=O)[C@H]2CC[C@H](C=C(F)C#N)CC2)CC1. The number of esters is 1. The summed E-state index contributed by atoms with van der Waals surface area (Å²) in [5, 5.41) is 8.47. The van der Waals surface area contributed by atoms with Crippen LogP contribution < -0.4 is 0 Å². The Balaban J connectivity index is 1.71. The summed E-state index contributed by atoms with van der Waals surface area (Å²) in [7, 11) is 0. The van der Waals surface area contributed by atoms with Gasteiger partial charge in [0.25, 0.3) is 0 Å². The third-order valence-corrected chi connectivity index (χ3v) is 5.37. The van der Waals surface area contributed by atoms with Gasteiger partial charge in [-0.2, -0.15) is 9.65 Å². The molecule has 2 rings (SSSR count). The molecule has 0 aromatic carbocycles. The van der Waals surface area contributed by atoms with Crippen molar-refractivity contribution >= 4 is 5.97 Å². The Morgan fingerprint density at radius 1 is 1.17 bits per heavy atom. The molecule has 3 nitrogen and oxygen atoms in total. The Bertz CT molecular complexity index is 452. The number of hydrogen-bond acceptors (Lipinski definition) is 3. The van der Waals surface area contributed by atoms with Gasteiger partial charge in [0.2, 0.25) is 0 Å². The Kier molecular flexibility index (Phi) is 7.08. The molecule has 2 aliphatic rings. The standard InChI is InChI=1S/C19H28FNO2/c1-2-3-14-6-10-18(11-7-14)23-19(22)16-8-4-15(5-9-16)12-17(20)13-21/h12,14-16,18H,2-11H2,1H3/t14-,15-,16-,18-. The first kappa shape index (κ1) is 18.0. The molecule has 0 heterocycles. The van der Waals surface area contributed by atoms with Crippen molar-refractivity contribution in [2.75, 3.05) is 0 Å².